The van der Waals surface area contributed by atoms with Gasteiger partial charge in [0, 0.05) is 12.1 Å². The fourth-order valence-corrected chi connectivity index (χ4v) is 1.62. The van der Waals surface area contributed by atoms with Gasteiger partial charge in [-0.1, -0.05) is 0 Å². The lowest BCUT2D eigenvalue weighted by Gasteiger charge is -2.12. The summed E-state index contributed by atoms with van der Waals surface area (Å²) in [6.07, 6.45) is 2.31. The number of ether oxygens (including phenoxy) is 1. The molecule has 3 nitrogen and oxygen atoms in total. The number of halogens is 1. The van der Waals surface area contributed by atoms with E-state index in [1.54, 1.807) is 6.07 Å². The molecule has 2 rings (SSSR count). The molecule has 0 amide bonds. The van der Waals surface area contributed by atoms with Crippen LogP contribution in [0.25, 0.3) is 0 Å². The van der Waals surface area contributed by atoms with Gasteiger partial charge in [-0.3, -0.25) is 0 Å². The molecule has 1 aliphatic carbocycles. The Morgan fingerprint density at radius 1 is 1.50 bits per heavy atom. The smallest absolute Gasteiger partial charge is 0.171 e. The van der Waals surface area contributed by atoms with Crippen LogP contribution in [0.3, 0.4) is 0 Å². The third kappa shape index (κ3) is 2.82. The van der Waals surface area contributed by atoms with Crippen molar-refractivity contribution in [1.82, 2.24) is 5.32 Å². The van der Waals surface area contributed by atoms with Crippen molar-refractivity contribution in [3.05, 3.63) is 24.0 Å². The van der Waals surface area contributed by atoms with Crippen LogP contribution < -0.4 is 15.4 Å². The largest absolute Gasteiger partial charge is 0.494 e. The maximum Gasteiger partial charge on any atom is 0.171 e. The summed E-state index contributed by atoms with van der Waals surface area (Å²) in [6.45, 7) is 0. The minimum Gasteiger partial charge on any atom is -0.494 e. The zero-order chi connectivity index (χ0) is 11.5. The molecule has 1 aliphatic rings. The van der Waals surface area contributed by atoms with Gasteiger partial charge in [0.1, 0.15) is 11.6 Å². The van der Waals surface area contributed by atoms with Gasteiger partial charge in [0.15, 0.2) is 5.11 Å². The van der Waals surface area contributed by atoms with Crippen LogP contribution in [0.1, 0.15) is 12.8 Å². The summed E-state index contributed by atoms with van der Waals surface area (Å²) < 4.78 is 18.0. The highest BCUT2D eigenvalue weighted by atomic mass is 32.1. The van der Waals surface area contributed by atoms with Gasteiger partial charge in [0.25, 0.3) is 0 Å². The Labute approximate surface area is 99.0 Å². The van der Waals surface area contributed by atoms with Crippen molar-refractivity contribution in [1.29, 1.82) is 0 Å². The Morgan fingerprint density at radius 3 is 2.88 bits per heavy atom. The van der Waals surface area contributed by atoms with Crippen molar-refractivity contribution < 1.29 is 9.13 Å². The van der Waals surface area contributed by atoms with E-state index in [-0.39, 0.29) is 5.82 Å². The highest BCUT2D eigenvalue weighted by Gasteiger charge is 2.22. The molecule has 0 heterocycles. The molecule has 0 bridgehead atoms. The van der Waals surface area contributed by atoms with Gasteiger partial charge < -0.3 is 15.4 Å². The molecule has 0 atom stereocenters. The minimum absolute atomic E-state index is 0.330. The first-order chi connectivity index (χ1) is 7.69. The zero-order valence-electron chi connectivity index (χ0n) is 8.92. The van der Waals surface area contributed by atoms with Crippen molar-refractivity contribution in [2.24, 2.45) is 0 Å². The second kappa shape index (κ2) is 4.65. The molecular weight excluding hydrogens is 227 g/mol. The molecule has 86 valence electrons. The molecule has 0 aliphatic heterocycles. The van der Waals surface area contributed by atoms with Crippen molar-refractivity contribution in [3.63, 3.8) is 0 Å². The first kappa shape index (κ1) is 11.1. The van der Waals surface area contributed by atoms with E-state index in [9.17, 15) is 4.39 Å². The predicted octanol–water partition coefficient (Wildman–Crippen LogP) is 2.28. The van der Waals surface area contributed by atoms with Gasteiger partial charge in [0.05, 0.1) is 12.8 Å². The quantitative estimate of drug-likeness (QED) is 0.794. The summed E-state index contributed by atoms with van der Waals surface area (Å²) in [6, 6.07) is 4.79. The zero-order valence-corrected chi connectivity index (χ0v) is 9.73. The van der Waals surface area contributed by atoms with E-state index in [1.165, 1.54) is 19.2 Å². The fraction of sp³-hybridized carbons (Fsp3) is 0.364. The van der Waals surface area contributed by atoms with E-state index < -0.39 is 0 Å². The topological polar surface area (TPSA) is 33.3 Å². The maximum atomic E-state index is 12.9. The molecule has 0 radical (unpaired) electrons. The highest BCUT2D eigenvalue weighted by molar-refractivity contribution is 7.80. The lowest BCUT2D eigenvalue weighted by Crippen LogP contribution is -2.30. The second-order valence-electron chi connectivity index (χ2n) is 3.72. The number of anilines is 1. The standard InChI is InChI=1S/C11H13FN2OS/c1-15-10-6-7(12)2-5-9(10)14-11(16)13-8-3-4-8/h2,5-6,8H,3-4H2,1H3,(H2,13,14,16). The second-order valence-corrected chi connectivity index (χ2v) is 4.13. The van der Waals surface area contributed by atoms with E-state index in [0.717, 1.165) is 12.8 Å². The Kier molecular flexibility index (Phi) is 3.24. The van der Waals surface area contributed by atoms with Gasteiger partial charge in [0.2, 0.25) is 0 Å². The van der Waals surface area contributed by atoms with E-state index >= 15 is 0 Å². The van der Waals surface area contributed by atoms with Crippen molar-refractivity contribution >= 4 is 23.0 Å². The van der Waals surface area contributed by atoms with E-state index in [4.69, 9.17) is 17.0 Å². The summed E-state index contributed by atoms with van der Waals surface area (Å²) in [7, 11) is 1.50. The number of benzene rings is 1. The lowest BCUT2D eigenvalue weighted by atomic mass is 10.3. The Balaban J connectivity index is 2.04. The van der Waals surface area contributed by atoms with Crippen LogP contribution >= 0.6 is 12.2 Å². The van der Waals surface area contributed by atoms with Crippen LogP contribution in [-0.4, -0.2) is 18.3 Å². The normalized spacial score (nSPS) is 14.4. The van der Waals surface area contributed by atoms with Crippen LogP contribution in [0.4, 0.5) is 10.1 Å². The molecule has 1 saturated carbocycles. The van der Waals surface area contributed by atoms with Gasteiger partial charge in [-0.05, 0) is 37.2 Å². The first-order valence-corrected chi connectivity index (χ1v) is 5.51. The molecule has 1 aromatic carbocycles. The third-order valence-electron chi connectivity index (χ3n) is 2.32. The SMILES string of the molecule is COc1cc(F)ccc1NC(=S)NC1CC1. The molecule has 2 N–H and O–H groups in total. The minimum atomic E-state index is -0.330. The lowest BCUT2D eigenvalue weighted by molar-refractivity contribution is 0.413. The van der Waals surface area contributed by atoms with Gasteiger partial charge >= 0.3 is 0 Å². The molecule has 16 heavy (non-hydrogen) atoms. The average Bonchev–Trinajstić information content (AvgIpc) is 3.04. The first-order valence-electron chi connectivity index (χ1n) is 5.10. The number of nitrogens with one attached hydrogen (secondary N) is 2. The molecule has 0 unspecified atom stereocenters. The van der Waals surface area contributed by atoms with Crippen LogP contribution in [0.5, 0.6) is 5.75 Å². The summed E-state index contributed by atoms with van der Waals surface area (Å²) in [5.41, 5.74) is 0.669. The number of hydrogen-bond donors (Lipinski definition) is 2. The van der Waals surface area contributed by atoms with Gasteiger partial charge in [-0.2, -0.15) is 0 Å². The van der Waals surface area contributed by atoms with E-state index in [2.05, 4.69) is 10.6 Å². The van der Waals surface area contributed by atoms with Gasteiger partial charge in [-0.15, -0.1) is 0 Å². The summed E-state index contributed by atoms with van der Waals surface area (Å²) in [5.74, 6) is 0.114. The number of thiocarbonyl (C=S) groups is 1. The summed E-state index contributed by atoms with van der Waals surface area (Å²) >= 11 is 5.12. The number of rotatable bonds is 3. The molecule has 1 aromatic rings. The third-order valence-corrected chi connectivity index (χ3v) is 2.54. The molecule has 0 aromatic heterocycles. The van der Waals surface area contributed by atoms with Crippen molar-refractivity contribution in [2.75, 3.05) is 12.4 Å². The molecular formula is C11H13FN2OS. The van der Waals surface area contributed by atoms with Crippen LogP contribution in [0.15, 0.2) is 18.2 Å². The number of hydrogen-bond acceptors (Lipinski definition) is 2. The van der Waals surface area contributed by atoms with Gasteiger partial charge in [-0.25, -0.2) is 4.39 Å². The fourth-order valence-electron chi connectivity index (χ4n) is 1.34. The predicted molar refractivity (Wildman–Crippen MR) is 65.3 cm³/mol. The average molecular weight is 240 g/mol. The van der Waals surface area contributed by atoms with Crippen LogP contribution in [0, 0.1) is 5.82 Å². The van der Waals surface area contributed by atoms with Crippen LogP contribution in [0.2, 0.25) is 0 Å². The Morgan fingerprint density at radius 2 is 2.25 bits per heavy atom. The van der Waals surface area contributed by atoms with Crippen molar-refractivity contribution in [2.45, 2.75) is 18.9 Å². The van der Waals surface area contributed by atoms with Crippen LogP contribution in [-0.2, 0) is 0 Å². The molecule has 5 heteroatoms. The monoisotopic (exact) mass is 240 g/mol. The van der Waals surface area contributed by atoms with E-state index in [1.807, 2.05) is 0 Å². The highest BCUT2D eigenvalue weighted by Crippen LogP contribution is 2.25. The van der Waals surface area contributed by atoms with Crippen molar-refractivity contribution in [3.8, 4) is 5.75 Å². The number of methoxy groups -OCH3 is 1. The Bertz CT molecular complexity index is 407. The summed E-state index contributed by atoms with van der Waals surface area (Å²) in [4.78, 5) is 0. The molecule has 0 saturated heterocycles. The van der Waals surface area contributed by atoms with E-state index in [0.29, 0.717) is 22.6 Å². The summed E-state index contributed by atoms with van der Waals surface area (Å²) in [5, 5.41) is 6.68. The molecule has 1 fully saturated rings. The Hall–Kier alpha value is -1.36. The maximum absolute atomic E-state index is 12.9. The molecule has 0 spiro atoms.